The number of anilines is 1. The second kappa shape index (κ2) is 9.87. The molecule has 27 heavy (non-hydrogen) atoms. The summed E-state index contributed by atoms with van der Waals surface area (Å²) in [7, 11) is 1.66. The van der Waals surface area contributed by atoms with Crippen LogP contribution in [0.3, 0.4) is 0 Å². The predicted molar refractivity (Wildman–Crippen MR) is 105 cm³/mol. The van der Waals surface area contributed by atoms with Gasteiger partial charge in [-0.3, -0.25) is 9.69 Å². The number of nitrogens with zero attached hydrogens (tertiary/aromatic N) is 4. The molecular formula is C20H27N5O2. The van der Waals surface area contributed by atoms with Gasteiger partial charge in [0.15, 0.2) is 0 Å². The molecule has 0 aliphatic carbocycles. The van der Waals surface area contributed by atoms with Crippen LogP contribution in [-0.2, 0) is 11.2 Å². The minimum atomic E-state index is 0.0808. The van der Waals surface area contributed by atoms with E-state index in [1.54, 1.807) is 19.5 Å². The first-order chi connectivity index (χ1) is 13.3. The van der Waals surface area contributed by atoms with E-state index in [0.29, 0.717) is 19.4 Å². The van der Waals surface area contributed by atoms with E-state index in [2.05, 4.69) is 25.1 Å². The fourth-order valence-corrected chi connectivity index (χ4v) is 3.23. The molecule has 1 saturated heterocycles. The molecule has 1 aromatic heterocycles. The lowest BCUT2D eigenvalue weighted by Crippen LogP contribution is -2.49. The summed E-state index contributed by atoms with van der Waals surface area (Å²) in [5.74, 6) is 1.71. The van der Waals surface area contributed by atoms with Crippen molar-refractivity contribution in [3.05, 3.63) is 48.3 Å². The molecule has 1 aliphatic rings. The van der Waals surface area contributed by atoms with Crippen molar-refractivity contribution >= 4 is 11.9 Å². The van der Waals surface area contributed by atoms with Crippen molar-refractivity contribution in [1.82, 2.24) is 20.2 Å². The average molecular weight is 369 g/mol. The van der Waals surface area contributed by atoms with Crippen LogP contribution in [0.15, 0.2) is 42.7 Å². The van der Waals surface area contributed by atoms with Crippen molar-refractivity contribution in [2.75, 3.05) is 51.3 Å². The molecule has 0 unspecified atom stereocenters. The first kappa shape index (κ1) is 19.1. The van der Waals surface area contributed by atoms with Crippen molar-refractivity contribution in [2.45, 2.75) is 12.8 Å². The molecule has 0 bridgehead atoms. The third kappa shape index (κ3) is 5.65. The number of carbonyl (C=O) groups excluding carboxylic acids is 1. The Labute approximate surface area is 160 Å². The van der Waals surface area contributed by atoms with Crippen LogP contribution < -0.4 is 15.0 Å². The molecule has 3 rings (SSSR count). The molecule has 2 aromatic rings. The number of para-hydroxylation sites is 1. The van der Waals surface area contributed by atoms with Crippen LogP contribution in [0, 0.1) is 0 Å². The highest BCUT2D eigenvalue weighted by Gasteiger charge is 2.18. The lowest BCUT2D eigenvalue weighted by Gasteiger charge is -2.34. The number of hydrogen-bond donors (Lipinski definition) is 1. The zero-order valence-corrected chi connectivity index (χ0v) is 15.8. The lowest BCUT2D eigenvalue weighted by atomic mass is 10.1. The SMILES string of the molecule is COc1ccccc1CCC(=O)NCCN1CCN(c2ncccn2)CC1. The quantitative estimate of drug-likeness (QED) is 0.758. The van der Waals surface area contributed by atoms with E-state index in [9.17, 15) is 4.79 Å². The fraction of sp³-hybridized carbons (Fsp3) is 0.450. The standard InChI is InChI=1S/C20H27N5O2/c1-27-18-6-3-2-5-17(18)7-8-19(26)21-11-12-24-13-15-25(16-14-24)20-22-9-4-10-23-20/h2-6,9-10H,7-8,11-16H2,1H3,(H,21,26). The van der Waals surface area contributed by atoms with E-state index in [-0.39, 0.29) is 5.91 Å². The maximum Gasteiger partial charge on any atom is 0.225 e. The minimum absolute atomic E-state index is 0.0808. The highest BCUT2D eigenvalue weighted by atomic mass is 16.5. The van der Waals surface area contributed by atoms with Gasteiger partial charge < -0.3 is 15.0 Å². The summed E-state index contributed by atoms with van der Waals surface area (Å²) in [4.78, 5) is 25.3. The van der Waals surface area contributed by atoms with Crippen LogP contribution in [0.5, 0.6) is 5.75 Å². The smallest absolute Gasteiger partial charge is 0.225 e. The van der Waals surface area contributed by atoms with E-state index in [4.69, 9.17) is 4.74 Å². The van der Waals surface area contributed by atoms with Gasteiger partial charge in [-0.25, -0.2) is 9.97 Å². The van der Waals surface area contributed by atoms with E-state index in [1.165, 1.54) is 0 Å². The molecule has 0 spiro atoms. The van der Waals surface area contributed by atoms with Crippen molar-refractivity contribution in [1.29, 1.82) is 0 Å². The van der Waals surface area contributed by atoms with E-state index in [1.807, 2.05) is 30.3 Å². The summed E-state index contributed by atoms with van der Waals surface area (Å²) >= 11 is 0. The molecule has 1 amide bonds. The Hall–Kier alpha value is -2.67. The number of methoxy groups -OCH3 is 1. The number of benzene rings is 1. The Morgan fingerprint density at radius 2 is 1.85 bits per heavy atom. The number of hydrogen-bond acceptors (Lipinski definition) is 6. The topological polar surface area (TPSA) is 70.6 Å². The molecule has 1 aromatic carbocycles. The first-order valence-electron chi connectivity index (χ1n) is 9.39. The van der Waals surface area contributed by atoms with Gasteiger partial charge in [-0.05, 0) is 24.1 Å². The number of aryl methyl sites for hydroxylation is 1. The third-order valence-corrected chi connectivity index (χ3v) is 4.77. The van der Waals surface area contributed by atoms with Crippen LogP contribution in [0.1, 0.15) is 12.0 Å². The Morgan fingerprint density at radius 1 is 1.11 bits per heavy atom. The van der Waals surface area contributed by atoms with Gasteiger partial charge in [0.2, 0.25) is 11.9 Å². The molecule has 7 heteroatoms. The first-order valence-corrected chi connectivity index (χ1v) is 9.39. The van der Waals surface area contributed by atoms with Crippen LogP contribution in [-0.4, -0.2) is 67.2 Å². The summed E-state index contributed by atoms with van der Waals surface area (Å²) in [6, 6.07) is 9.66. The zero-order chi connectivity index (χ0) is 18.9. The number of ether oxygens (including phenoxy) is 1. The van der Waals surface area contributed by atoms with Crippen molar-refractivity contribution in [3.63, 3.8) is 0 Å². The van der Waals surface area contributed by atoms with Gasteiger partial charge in [-0.2, -0.15) is 0 Å². The molecule has 0 radical (unpaired) electrons. The molecule has 1 fully saturated rings. The summed E-state index contributed by atoms with van der Waals surface area (Å²) in [5.41, 5.74) is 1.06. The van der Waals surface area contributed by atoms with E-state index >= 15 is 0 Å². The third-order valence-electron chi connectivity index (χ3n) is 4.77. The average Bonchev–Trinajstić information content (AvgIpc) is 2.73. The molecule has 144 valence electrons. The predicted octanol–water partition coefficient (Wildman–Crippen LogP) is 1.36. The minimum Gasteiger partial charge on any atom is -0.496 e. The van der Waals surface area contributed by atoms with Gasteiger partial charge in [-0.15, -0.1) is 0 Å². The maximum absolute atomic E-state index is 12.1. The van der Waals surface area contributed by atoms with Crippen molar-refractivity contribution in [2.24, 2.45) is 0 Å². The number of amides is 1. The van der Waals surface area contributed by atoms with Crippen molar-refractivity contribution < 1.29 is 9.53 Å². The molecule has 7 nitrogen and oxygen atoms in total. The molecule has 1 aliphatic heterocycles. The second-order valence-corrected chi connectivity index (χ2v) is 6.54. The number of aromatic nitrogens is 2. The Bertz CT molecular complexity index is 717. The number of rotatable bonds is 8. The fourth-order valence-electron chi connectivity index (χ4n) is 3.23. The summed E-state index contributed by atoms with van der Waals surface area (Å²) in [5, 5.41) is 3.02. The monoisotopic (exact) mass is 369 g/mol. The maximum atomic E-state index is 12.1. The largest absolute Gasteiger partial charge is 0.496 e. The Morgan fingerprint density at radius 3 is 2.59 bits per heavy atom. The van der Waals surface area contributed by atoms with Crippen molar-refractivity contribution in [3.8, 4) is 5.75 Å². The highest BCUT2D eigenvalue weighted by molar-refractivity contribution is 5.76. The molecule has 0 atom stereocenters. The Kier molecular flexibility index (Phi) is 6.98. The normalized spacial score (nSPS) is 14.8. The summed E-state index contributed by atoms with van der Waals surface area (Å²) in [6.07, 6.45) is 4.70. The zero-order valence-electron chi connectivity index (χ0n) is 15.8. The van der Waals surface area contributed by atoms with Gasteiger partial charge in [0.25, 0.3) is 0 Å². The number of nitrogens with one attached hydrogen (secondary N) is 1. The lowest BCUT2D eigenvalue weighted by molar-refractivity contribution is -0.121. The van der Waals surface area contributed by atoms with E-state index in [0.717, 1.165) is 50.0 Å². The van der Waals surface area contributed by atoms with Gasteiger partial charge in [0.1, 0.15) is 5.75 Å². The summed E-state index contributed by atoms with van der Waals surface area (Å²) in [6.45, 7) is 5.26. The van der Waals surface area contributed by atoms with Crippen LogP contribution in [0.25, 0.3) is 0 Å². The van der Waals surface area contributed by atoms with Crippen LogP contribution in [0.2, 0.25) is 0 Å². The summed E-state index contributed by atoms with van der Waals surface area (Å²) < 4.78 is 5.33. The molecule has 1 N–H and O–H groups in total. The van der Waals surface area contributed by atoms with Gasteiger partial charge in [0, 0.05) is 58.1 Å². The van der Waals surface area contributed by atoms with Crippen LogP contribution in [0.4, 0.5) is 5.95 Å². The number of piperazine rings is 1. The second-order valence-electron chi connectivity index (χ2n) is 6.54. The Balaban J connectivity index is 1.32. The van der Waals surface area contributed by atoms with Crippen LogP contribution >= 0.6 is 0 Å². The van der Waals surface area contributed by atoms with Gasteiger partial charge in [0.05, 0.1) is 7.11 Å². The molecule has 0 saturated carbocycles. The van der Waals surface area contributed by atoms with Gasteiger partial charge >= 0.3 is 0 Å². The van der Waals surface area contributed by atoms with E-state index < -0.39 is 0 Å². The molecular weight excluding hydrogens is 342 g/mol. The van der Waals surface area contributed by atoms with Gasteiger partial charge in [-0.1, -0.05) is 18.2 Å². The molecule has 2 heterocycles. The highest BCUT2D eigenvalue weighted by Crippen LogP contribution is 2.18. The number of carbonyl (C=O) groups is 1.